The first-order valence-corrected chi connectivity index (χ1v) is 9.10. The summed E-state index contributed by atoms with van der Waals surface area (Å²) in [7, 11) is 0. The van der Waals surface area contributed by atoms with Gasteiger partial charge in [0.15, 0.2) is 0 Å². The predicted molar refractivity (Wildman–Crippen MR) is 111 cm³/mol. The van der Waals surface area contributed by atoms with Gasteiger partial charge in [0, 0.05) is 16.0 Å². The van der Waals surface area contributed by atoms with Crippen molar-refractivity contribution in [2.45, 2.75) is 0 Å². The fraction of sp³-hybridized carbons (Fsp3) is 0. The average Bonchev–Trinajstić information content (AvgIpc) is 3.16. The van der Waals surface area contributed by atoms with Gasteiger partial charge in [0.05, 0.1) is 16.8 Å². The molecule has 0 unspecified atom stereocenters. The van der Waals surface area contributed by atoms with E-state index in [0.29, 0.717) is 21.6 Å². The Morgan fingerprint density at radius 1 is 1.04 bits per heavy atom. The highest BCUT2D eigenvalue weighted by Gasteiger charge is 2.09. The van der Waals surface area contributed by atoms with Crippen molar-refractivity contribution < 1.29 is 9.21 Å². The largest absolute Gasteiger partial charge is 0.455 e. The molecule has 0 saturated carbocycles. The molecule has 0 aliphatic heterocycles. The number of hydrogen-bond donors (Lipinski definition) is 1. The number of nitrogens with one attached hydrogen (secondary N) is 1. The number of halogens is 2. The van der Waals surface area contributed by atoms with Crippen molar-refractivity contribution in [3.63, 3.8) is 0 Å². The lowest BCUT2D eigenvalue weighted by Gasteiger charge is -2.01. The number of nitrogens with zero attached hydrogens (tertiary/aromatic N) is 2. The molecule has 0 spiro atoms. The monoisotopic (exact) mass is 409 g/mol. The number of benzene rings is 2. The third-order valence-electron chi connectivity index (χ3n) is 4.01. The lowest BCUT2D eigenvalue weighted by Crippen LogP contribution is -2.18. The molecule has 0 bridgehead atoms. The van der Waals surface area contributed by atoms with Gasteiger partial charge in [0.2, 0.25) is 0 Å². The Labute approximate surface area is 170 Å². The van der Waals surface area contributed by atoms with E-state index in [9.17, 15) is 4.79 Å². The third-order valence-corrected chi connectivity index (χ3v) is 4.56. The topological polar surface area (TPSA) is 67.5 Å². The summed E-state index contributed by atoms with van der Waals surface area (Å²) in [6, 6.07) is 19.7. The van der Waals surface area contributed by atoms with Gasteiger partial charge in [-0.2, -0.15) is 5.10 Å². The van der Waals surface area contributed by atoms with Gasteiger partial charge in [0.1, 0.15) is 17.2 Å². The molecule has 138 valence electrons. The van der Waals surface area contributed by atoms with Crippen LogP contribution >= 0.6 is 23.2 Å². The molecule has 0 radical (unpaired) electrons. The van der Waals surface area contributed by atoms with Crippen LogP contribution in [0.3, 0.4) is 0 Å². The van der Waals surface area contributed by atoms with E-state index >= 15 is 0 Å². The van der Waals surface area contributed by atoms with Gasteiger partial charge in [-0.1, -0.05) is 47.5 Å². The smallest absolute Gasteiger partial charge is 0.289 e. The predicted octanol–water partition coefficient (Wildman–Crippen LogP) is 5.57. The molecule has 0 saturated heterocycles. The molecule has 0 atom stereocenters. The summed E-state index contributed by atoms with van der Waals surface area (Å²) in [5.74, 6) is 0.632. The maximum atomic E-state index is 12.2. The third kappa shape index (κ3) is 3.91. The summed E-state index contributed by atoms with van der Waals surface area (Å²) in [6.45, 7) is 0. The van der Waals surface area contributed by atoms with E-state index in [2.05, 4.69) is 15.5 Å². The summed E-state index contributed by atoms with van der Waals surface area (Å²) in [5.41, 5.74) is 4.19. The molecule has 2 aromatic heterocycles. The van der Waals surface area contributed by atoms with Crippen molar-refractivity contribution >= 4 is 46.2 Å². The quantitative estimate of drug-likeness (QED) is 0.354. The minimum Gasteiger partial charge on any atom is -0.455 e. The van der Waals surface area contributed by atoms with Crippen LogP contribution in [-0.2, 0) is 0 Å². The second-order valence-corrected chi connectivity index (χ2v) is 6.76. The number of hydrogen-bond acceptors (Lipinski definition) is 4. The summed E-state index contributed by atoms with van der Waals surface area (Å²) in [6.07, 6.45) is 1.41. The maximum Gasteiger partial charge on any atom is 0.289 e. The summed E-state index contributed by atoms with van der Waals surface area (Å²) in [5, 5.41) is 5.93. The molecular weight excluding hydrogens is 397 g/mol. The zero-order valence-corrected chi connectivity index (χ0v) is 15.9. The van der Waals surface area contributed by atoms with Crippen LogP contribution < -0.4 is 5.43 Å². The molecule has 4 aromatic rings. The maximum absolute atomic E-state index is 12.2. The lowest BCUT2D eigenvalue weighted by atomic mass is 10.2. The number of hydrazone groups is 1. The number of para-hydroxylation sites is 1. The molecule has 0 aliphatic carbocycles. The average molecular weight is 410 g/mol. The molecule has 2 aromatic carbocycles. The van der Waals surface area contributed by atoms with E-state index in [-0.39, 0.29) is 5.69 Å². The molecule has 0 aliphatic rings. The van der Waals surface area contributed by atoms with Gasteiger partial charge in [-0.3, -0.25) is 4.79 Å². The van der Waals surface area contributed by atoms with E-state index in [4.69, 9.17) is 27.6 Å². The first-order valence-electron chi connectivity index (χ1n) is 8.34. The number of amides is 1. The fourth-order valence-electron chi connectivity index (χ4n) is 2.66. The van der Waals surface area contributed by atoms with Gasteiger partial charge in [-0.05, 0) is 42.5 Å². The van der Waals surface area contributed by atoms with Crippen LogP contribution in [0.5, 0.6) is 0 Å². The second-order valence-electron chi connectivity index (χ2n) is 5.91. The Morgan fingerprint density at radius 2 is 1.89 bits per heavy atom. The Morgan fingerprint density at radius 3 is 2.75 bits per heavy atom. The van der Waals surface area contributed by atoms with Gasteiger partial charge in [-0.15, -0.1) is 0 Å². The SMILES string of the molecule is O=C(N/N=C/c1ccc(-c2ccc(Cl)cc2Cl)o1)c1ccc2ccccc2n1. The van der Waals surface area contributed by atoms with E-state index < -0.39 is 5.91 Å². The molecule has 0 fully saturated rings. The van der Waals surface area contributed by atoms with Crippen molar-refractivity contribution in [1.82, 2.24) is 10.4 Å². The number of aromatic nitrogens is 1. The van der Waals surface area contributed by atoms with Crippen molar-refractivity contribution in [3.05, 3.63) is 88.2 Å². The zero-order valence-electron chi connectivity index (χ0n) is 14.4. The van der Waals surface area contributed by atoms with Crippen LogP contribution in [0.15, 0.2) is 76.2 Å². The van der Waals surface area contributed by atoms with Gasteiger partial charge < -0.3 is 4.42 Å². The highest BCUT2D eigenvalue weighted by molar-refractivity contribution is 6.36. The Hall–Kier alpha value is -3.15. The summed E-state index contributed by atoms with van der Waals surface area (Å²) in [4.78, 5) is 16.6. The van der Waals surface area contributed by atoms with Gasteiger partial charge in [0.25, 0.3) is 5.91 Å². The molecule has 2 heterocycles. The molecule has 1 amide bonds. The normalized spacial score (nSPS) is 11.2. The minimum atomic E-state index is -0.408. The molecule has 4 rings (SSSR count). The minimum absolute atomic E-state index is 0.281. The zero-order chi connectivity index (χ0) is 19.5. The highest BCUT2D eigenvalue weighted by atomic mass is 35.5. The van der Waals surface area contributed by atoms with Crippen LogP contribution in [0.2, 0.25) is 10.0 Å². The van der Waals surface area contributed by atoms with Crippen LogP contribution in [0, 0.1) is 0 Å². The number of pyridine rings is 1. The summed E-state index contributed by atoms with van der Waals surface area (Å²) >= 11 is 12.1. The van der Waals surface area contributed by atoms with Crippen LogP contribution in [-0.4, -0.2) is 17.1 Å². The van der Waals surface area contributed by atoms with Crippen molar-refractivity contribution in [2.24, 2.45) is 5.10 Å². The van der Waals surface area contributed by atoms with E-state index in [0.717, 1.165) is 16.5 Å². The molecule has 5 nitrogen and oxygen atoms in total. The fourth-order valence-corrected chi connectivity index (χ4v) is 3.16. The van der Waals surface area contributed by atoms with E-state index in [1.807, 2.05) is 30.3 Å². The van der Waals surface area contributed by atoms with Crippen molar-refractivity contribution in [2.75, 3.05) is 0 Å². The number of carbonyl (C=O) groups excluding carboxylic acids is 1. The number of carbonyl (C=O) groups is 1. The van der Waals surface area contributed by atoms with Crippen molar-refractivity contribution in [1.29, 1.82) is 0 Å². The number of furan rings is 1. The Balaban J connectivity index is 1.46. The van der Waals surface area contributed by atoms with Gasteiger partial charge in [-0.25, -0.2) is 10.4 Å². The molecule has 1 N–H and O–H groups in total. The van der Waals surface area contributed by atoms with Gasteiger partial charge >= 0.3 is 0 Å². The van der Waals surface area contributed by atoms with Crippen LogP contribution in [0.4, 0.5) is 0 Å². The lowest BCUT2D eigenvalue weighted by molar-refractivity contribution is 0.0950. The summed E-state index contributed by atoms with van der Waals surface area (Å²) < 4.78 is 5.69. The number of fused-ring (bicyclic) bond motifs is 1. The highest BCUT2D eigenvalue weighted by Crippen LogP contribution is 2.31. The molecular formula is C21H13Cl2N3O2. The standard InChI is InChI=1S/C21H13Cl2N3O2/c22-14-6-8-16(17(23)11-14)20-10-7-15(28-20)12-24-26-21(27)19-9-5-13-3-1-2-4-18(13)25-19/h1-12H,(H,26,27)/b24-12+. The molecule has 7 heteroatoms. The first kappa shape index (κ1) is 18.2. The Bertz CT molecular complexity index is 1200. The van der Waals surface area contributed by atoms with E-state index in [1.54, 1.807) is 36.4 Å². The second kappa shape index (κ2) is 7.84. The van der Waals surface area contributed by atoms with Crippen molar-refractivity contribution in [3.8, 4) is 11.3 Å². The van der Waals surface area contributed by atoms with E-state index in [1.165, 1.54) is 6.21 Å². The molecule has 28 heavy (non-hydrogen) atoms. The first-order chi connectivity index (χ1) is 13.6. The van der Waals surface area contributed by atoms with Crippen LogP contribution in [0.1, 0.15) is 16.2 Å². The number of rotatable bonds is 4. The Kier molecular flexibility index (Phi) is 5.10. The van der Waals surface area contributed by atoms with Crippen LogP contribution in [0.25, 0.3) is 22.2 Å².